The molecule has 0 bridgehead atoms. The second kappa shape index (κ2) is 5.56. The Morgan fingerprint density at radius 3 is 2.58 bits per heavy atom. The van der Waals surface area contributed by atoms with Crippen molar-refractivity contribution in [3.8, 4) is 5.75 Å². The lowest BCUT2D eigenvalue weighted by Gasteiger charge is -2.05. The van der Waals surface area contributed by atoms with E-state index in [-0.39, 0.29) is 11.7 Å². The van der Waals surface area contributed by atoms with Crippen molar-refractivity contribution >= 4 is 5.91 Å². The molecular weight excluding hydrogens is 242 g/mol. The number of nitrogens with zero attached hydrogens (tertiary/aromatic N) is 1. The number of aromatic nitrogens is 2. The monoisotopic (exact) mass is 259 g/mol. The molecule has 19 heavy (non-hydrogen) atoms. The number of aromatic hydroxyl groups is 1. The summed E-state index contributed by atoms with van der Waals surface area (Å²) < 4.78 is 0. The minimum absolute atomic E-state index is 0.109. The zero-order valence-electron chi connectivity index (χ0n) is 11.0. The van der Waals surface area contributed by atoms with Gasteiger partial charge >= 0.3 is 0 Å². The van der Waals surface area contributed by atoms with Crippen LogP contribution in [0.2, 0.25) is 0 Å². The fourth-order valence-corrected chi connectivity index (χ4v) is 1.96. The molecule has 0 atom stereocenters. The number of carbonyl (C=O) groups excluding carboxylic acids is 1. The van der Waals surface area contributed by atoms with Crippen molar-refractivity contribution in [3.05, 3.63) is 46.8 Å². The van der Waals surface area contributed by atoms with Crippen molar-refractivity contribution in [2.45, 2.75) is 20.3 Å². The first-order valence-electron chi connectivity index (χ1n) is 6.15. The van der Waals surface area contributed by atoms with E-state index in [4.69, 9.17) is 0 Å². The summed E-state index contributed by atoms with van der Waals surface area (Å²) >= 11 is 0. The first kappa shape index (κ1) is 13.1. The van der Waals surface area contributed by atoms with Crippen LogP contribution in [0.4, 0.5) is 0 Å². The fraction of sp³-hybridized carbons (Fsp3) is 0.286. The normalized spacial score (nSPS) is 10.4. The molecule has 0 unspecified atom stereocenters. The Hall–Kier alpha value is -2.30. The molecule has 1 amide bonds. The Morgan fingerprint density at radius 2 is 2.00 bits per heavy atom. The van der Waals surface area contributed by atoms with Crippen LogP contribution in [0.15, 0.2) is 24.3 Å². The predicted octanol–water partition coefficient (Wildman–Crippen LogP) is 1.70. The fourth-order valence-electron chi connectivity index (χ4n) is 1.96. The maximum Gasteiger partial charge on any atom is 0.255 e. The molecule has 5 heteroatoms. The molecule has 0 saturated carbocycles. The van der Waals surface area contributed by atoms with E-state index in [1.165, 1.54) is 0 Å². The number of hydrogen-bond acceptors (Lipinski definition) is 3. The van der Waals surface area contributed by atoms with E-state index >= 15 is 0 Å². The summed E-state index contributed by atoms with van der Waals surface area (Å²) in [5, 5.41) is 18.8. The van der Waals surface area contributed by atoms with E-state index in [2.05, 4.69) is 15.5 Å². The average molecular weight is 259 g/mol. The van der Waals surface area contributed by atoms with Crippen LogP contribution in [0, 0.1) is 13.8 Å². The van der Waals surface area contributed by atoms with Crippen LogP contribution in [0.5, 0.6) is 5.75 Å². The maximum atomic E-state index is 12.0. The van der Waals surface area contributed by atoms with Gasteiger partial charge in [-0.2, -0.15) is 5.10 Å². The van der Waals surface area contributed by atoms with E-state index in [9.17, 15) is 9.90 Å². The summed E-state index contributed by atoms with van der Waals surface area (Å²) in [5.74, 6) is 0.139. The van der Waals surface area contributed by atoms with E-state index in [1.807, 2.05) is 19.1 Å². The van der Waals surface area contributed by atoms with Crippen molar-refractivity contribution in [2.24, 2.45) is 0 Å². The number of H-pyrrole nitrogens is 1. The van der Waals surface area contributed by atoms with Crippen LogP contribution in [0.1, 0.15) is 27.3 Å². The maximum absolute atomic E-state index is 12.0. The highest BCUT2D eigenvalue weighted by molar-refractivity contribution is 5.96. The van der Waals surface area contributed by atoms with Gasteiger partial charge in [0.05, 0.1) is 11.3 Å². The molecule has 5 nitrogen and oxygen atoms in total. The summed E-state index contributed by atoms with van der Waals surface area (Å²) in [6.45, 7) is 4.18. The lowest BCUT2D eigenvalue weighted by Crippen LogP contribution is -2.26. The highest BCUT2D eigenvalue weighted by Gasteiger charge is 2.14. The van der Waals surface area contributed by atoms with Crippen LogP contribution < -0.4 is 5.32 Å². The first-order valence-corrected chi connectivity index (χ1v) is 6.15. The van der Waals surface area contributed by atoms with Gasteiger partial charge < -0.3 is 10.4 Å². The van der Waals surface area contributed by atoms with Gasteiger partial charge in [-0.3, -0.25) is 9.89 Å². The molecule has 0 fully saturated rings. The molecule has 0 aliphatic carbocycles. The number of carbonyl (C=O) groups is 1. The zero-order chi connectivity index (χ0) is 13.8. The molecule has 1 aromatic carbocycles. The molecular formula is C14H17N3O2. The third kappa shape index (κ3) is 3.13. The number of benzene rings is 1. The highest BCUT2D eigenvalue weighted by atomic mass is 16.3. The SMILES string of the molecule is Cc1n[nH]c(C)c1C(=O)NCCc1ccc(O)cc1. The number of amides is 1. The molecule has 0 aliphatic heterocycles. The van der Waals surface area contributed by atoms with Crippen molar-refractivity contribution in [3.63, 3.8) is 0 Å². The number of phenols is 1. The minimum Gasteiger partial charge on any atom is -0.508 e. The quantitative estimate of drug-likeness (QED) is 0.782. The summed E-state index contributed by atoms with van der Waals surface area (Å²) in [4.78, 5) is 12.0. The van der Waals surface area contributed by atoms with Crippen molar-refractivity contribution in [2.75, 3.05) is 6.54 Å². The molecule has 0 aliphatic rings. The molecule has 1 heterocycles. The summed E-state index contributed by atoms with van der Waals surface area (Å²) in [7, 11) is 0. The molecule has 3 N–H and O–H groups in total. The number of hydrogen-bond donors (Lipinski definition) is 3. The molecule has 0 radical (unpaired) electrons. The Bertz CT molecular complexity index is 553. The van der Waals surface area contributed by atoms with E-state index in [0.29, 0.717) is 17.8 Å². The molecule has 1 aromatic heterocycles. The van der Waals surface area contributed by atoms with Gasteiger partial charge in [0.2, 0.25) is 0 Å². The molecule has 2 aromatic rings. The van der Waals surface area contributed by atoms with Crippen LogP contribution in [0.25, 0.3) is 0 Å². The zero-order valence-corrected chi connectivity index (χ0v) is 11.0. The van der Waals surface area contributed by atoms with Crippen LogP contribution >= 0.6 is 0 Å². The van der Waals surface area contributed by atoms with Gasteiger partial charge in [-0.15, -0.1) is 0 Å². The second-order valence-corrected chi connectivity index (χ2v) is 4.48. The van der Waals surface area contributed by atoms with Gasteiger partial charge in [0, 0.05) is 12.2 Å². The smallest absolute Gasteiger partial charge is 0.255 e. The van der Waals surface area contributed by atoms with E-state index in [0.717, 1.165) is 17.7 Å². The minimum atomic E-state index is -0.109. The lowest BCUT2D eigenvalue weighted by molar-refractivity contribution is 0.0953. The number of aryl methyl sites for hydroxylation is 2. The second-order valence-electron chi connectivity index (χ2n) is 4.48. The molecule has 0 spiro atoms. The third-order valence-corrected chi connectivity index (χ3v) is 2.99. The van der Waals surface area contributed by atoms with Crippen molar-refractivity contribution in [1.82, 2.24) is 15.5 Å². The largest absolute Gasteiger partial charge is 0.508 e. The first-order chi connectivity index (χ1) is 9.08. The number of rotatable bonds is 4. The number of aromatic amines is 1. The van der Waals surface area contributed by atoms with Crippen LogP contribution in [0.3, 0.4) is 0 Å². The van der Waals surface area contributed by atoms with Crippen molar-refractivity contribution in [1.29, 1.82) is 0 Å². The van der Waals surface area contributed by atoms with Gasteiger partial charge in [0.15, 0.2) is 0 Å². The molecule has 0 saturated heterocycles. The number of phenolic OH excluding ortho intramolecular Hbond substituents is 1. The topological polar surface area (TPSA) is 78.0 Å². The Kier molecular flexibility index (Phi) is 3.85. The van der Waals surface area contributed by atoms with Gasteiger partial charge in [-0.25, -0.2) is 0 Å². The third-order valence-electron chi connectivity index (χ3n) is 2.99. The van der Waals surface area contributed by atoms with Gasteiger partial charge in [0.1, 0.15) is 5.75 Å². The van der Waals surface area contributed by atoms with Crippen LogP contribution in [-0.2, 0) is 6.42 Å². The summed E-state index contributed by atoms with van der Waals surface area (Å²) in [6.07, 6.45) is 0.724. The predicted molar refractivity (Wildman–Crippen MR) is 72.2 cm³/mol. The average Bonchev–Trinajstić information content (AvgIpc) is 2.71. The standard InChI is InChI=1S/C14H17N3O2/c1-9-13(10(2)17-16-9)14(19)15-8-7-11-3-5-12(18)6-4-11/h3-6,18H,7-8H2,1-2H3,(H,15,19)(H,16,17). The summed E-state index contributed by atoms with van der Waals surface area (Å²) in [5.41, 5.74) is 3.17. The lowest BCUT2D eigenvalue weighted by atomic mass is 10.1. The Morgan fingerprint density at radius 1 is 1.32 bits per heavy atom. The van der Waals surface area contributed by atoms with Crippen LogP contribution in [-0.4, -0.2) is 27.8 Å². The summed E-state index contributed by atoms with van der Waals surface area (Å²) in [6, 6.07) is 6.97. The van der Waals surface area contributed by atoms with Gasteiger partial charge in [0.25, 0.3) is 5.91 Å². The highest BCUT2D eigenvalue weighted by Crippen LogP contribution is 2.10. The van der Waals surface area contributed by atoms with Crippen molar-refractivity contribution < 1.29 is 9.90 Å². The van der Waals surface area contributed by atoms with Gasteiger partial charge in [-0.05, 0) is 38.0 Å². The molecule has 100 valence electrons. The molecule has 2 rings (SSSR count). The number of nitrogens with one attached hydrogen (secondary N) is 2. The van der Waals surface area contributed by atoms with Gasteiger partial charge in [-0.1, -0.05) is 12.1 Å². The van der Waals surface area contributed by atoms with E-state index in [1.54, 1.807) is 19.1 Å². The Balaban J connectivity index is 1.89. The van der Waals surface area contributed by atoms with E-state index < -0.39 is 0 Å². The Labute approximate surface area is 111 Å².